The molecular formula is C25H38N6O5. The summed E-state index contributed by atoms with van der Waals surface area (Å²) in [7, 11) is 1.81. The zero-order valence-corrected chi connectivity index (χ0v) is 22.1. The summed E-state index contributed by atoms with van der Waals surface area (Å²) in [5.74, 6) is 0.00971. The van der Waals surface area contributed by atoms with Gasteiger partial charge in [-0.2, -0.15) is 5.10 Å². The van der Waals surface area contributed by atoms with Gasteiger partial charge in [-0.25, -0.2) is 9.59 Å². The third kappa shape index (κ3) is 5.72. The van der Waals surface area contributed by atoms with E-state index in [0.717, 1.165) is 22.0 Å². The molecule has 1 aliphatic heterocycles. The van der Waals surface area contributed by atoms with Gasteiger partial charge in [-0.3, -0.25) is 19.3 Å². The van der Waals surface area contributed by atoms with Gasteiger partial charge in [0, 0.05) is 51.2 Å². The maximum Gasteiger partial charge on any atom is 0.407 e. The summed E-state index contributed by atoms with van der Waals surface area (Å²) < 4.78 is 6.74. The van der Waals surface area contributed by atoms with Gasteiger partial charge >= 0.3 is 18.1 Å². The van der Waals surface area contributed by atoms with E-state index in [1.165, 1.54) is 9.80 Å². The molecule has 1 atom stereocenters. The van der Waals surface area contributed by atoms with Crippen molar-refractivity contribution in [3.05, 3.63) is 23.3 Å². The molecule has 36 heavy (non-hydrogen) atoms. The number of nitrogens with zero attached hydrogens (tertiary/aromatic N) is 5. The molecule has 1 aliphatic rings. The monoisotopic (exact) mass is 502 g/mol. The summed E-state index contributed by atoms with van der Waals surface area (Å²) in [5, 5.41) is 14.9. The number of carbonyl (C=O) groups is 3. The minimum absolute atomic E-state index is 0.00509. The minimum Gasteiger partial charge on any atom is -0.466 e. The topological polar surface area (TPSA) is 134 Å². The average Bonchev–Trinajstić information content (AvgIpc) is 3.08. The fraction of sp³-hybridized carbons (Fsp3) is 0.600. The molecule has 3 N–H and O–H groups in total. The second-order valence-corrected chi connectivity index (χ2v) is 10.3. The second-order valence-electron chi connectivity index (χ2n) is 10.3. The Balaban J connectivity index is 2.05. The Morgan fingerprint density at radius 3 is 2.50 bits per heavy atom. The Hall–Kier alpha value is -3.34. The Kier molecular flexibility index (Phi) is 8.12. The van der Waals surface area contributed by atoms with E-state index in [2.05, 4.69) is 36.8 Å². The maximum absolute atomic E-state index is 12.5. The summed E-state index contributed by atoms with van der Waals surface area (Å²) >= 11 is 0. The van der Waals surface area contributed by atoms with Crippen LogP contribution in [0, 0.1) is 0 Å². The molecule has 1 saturated heterocycles. The molecule has 0 unspecified atom stereocenters. The van der Waals surface area contributed by atoms with Crippen molar-refractivity contribution in [2.24, 2.45) is 12.8 Å². The van der Waals surface area contributed by atoms with Gasteiger partial charge in [0.25, 0.3) is 0 Å². The minimum atomic E-state index is -0.895. The predicted molar refractivity (Wildman–Crippen MR) is 137 cm³/mol. The molecule has 1 aromatic carbocycles. The highest BCUT2D eigenvalue weighted by molar-refractivity contribution is 6.03. The average molecular weight is 503 g/mol. The number of amides is 3. The number of benzene rings is 1. The van der Waals surface area contributed by atoms with Gasteiger partial charge < -0.3 is 20.5 Å². The molecule has 0 bridgehead atoms. The van der Waals surface area contributed by atoms with E-state index in [0.29, 0.717) is 32.0 Å². The molecule has 1 aromatic heterocycles. The number of ether oxygens (including phenoxy) is 1. The molecule has 1 fully saturated rings. The Bertz CT molecular complexity index is 1140. The lowest BCUT2D eigenvalue weighted by Crippen LogP contribution is -2.53. The molecule has 198 valence electrons. The number of nitrogens with two attached hydrogens (primary N) is 1. The normalized spacial score (nSPS) is 16.8. The van der Waals surface area contributed by atoms with Crippen molar-refractivity contribution < 1.29 is 24.2 Å². The largest absolute Gasteiger partial charge is 0.466 e. The predicted octanol–water partition coefficient (Wildman–Crippen LogP) is 2.89. The number of anilines is 1. The Labute approximate surface area is 211 Å². The van der Waals surface area contributed by atoms with E-state index in [1.54, 1.807) is 11.6 Å². The lowest BCUT2D eigenvalue weighted by molar-refractivity contribution is -0.142. The van der Waals surface area contributed by atoms with E-state index in [-0.39, 0.29) is 31.0 Å². The smallest absolute Gasteiger partial charge is 0.407 e. The van der Waals surface area contributed by atoms with Gasteiger partial charge in [0.1, 0.15) is 0 Å². The first kappa shape index (κ1) is 27.3. The number of rotatable bonds is 7. The summed E-state index contributed by atoms with van der Waals surface area (Å²) in [6, 6.07) is 3.26. The molecule has 11 nitrogen and oxygen atoms in total. The third-order valence-corrected chi connectivity index (χ3v) is 6.55. The first-order chi connectivity index (χ1) is 16.8. The summed E-state index contributed by atoms with van der Waals surface area (Å²) in [4.78, 5) is 41.0. The van der Waals surface area contributed by atoms with Crippen molar-refractivity contribution in [2.75, 3.05) is 37.7 Å². The molecular weight excluding hydrogens is 464 g/mol. The molecule has 3 amide bonds. The zero-order valence-electron chi connectivity index (χ0n) is 22.1. The Morgan fingerprint density at radius 1 is 1.25 bits per heavy atom. The van der Waals surface area contributed by atoms with Crippen LogP contribution in [0.3, 0.4) is 0 Å². The number of hydrogen-bond acceptors (Lipinski definition) is 6. The van der Waals surface area contributed by atoms with E-state index < -0.39 is 18.1 Å². The van der Waals surface area contributed by atoms with Crippen LogP contribution in [0.5, 0.6) is 0 Å². The first-order valence-electron chi connectivity index (χ1n) is 12.3. The number of carbonyl (C=O) groups excluding carboxylic acids is 2. The number of aromatic nitrogens is 2. The van der Waals surface area contributed by atoms with Gasteiger partial charge in [-0.05, 0) is 36.5 Å². The molecule has 2 aromatic rings. The molecule has 0 radical (unpaired) electrons. The van der Waals surface area contributed by atoms with Crippen molar-refractivity contribution in [1.82, 2.24) is 19.6 Å². The number of carboxylic acid groups (broad SMARTS) is 1. The molecule has 0 spiro atoms. The van der Waals surface area contributed by atoms with Crippen LogP contribution in [0.4, 0.5) is 15.4 Å². The van der Waals surface area contributed by atoms with E-state index in [4.69, 9.17) is 10.5 Å². The SMILES string of the molecule is CCOC(=O)CCN(C(N)=O)c1nn(C)c2ccc(CN3CCN(C(=O)O)[C@@H](C)C3)c(C(C)(C)C)c12. The van der Waals surface area contributed by atoms with Gasteiger partial charge in [0.15, 0.2) is 5.82 Å². The Morgan fingerprint density at radius 2 is 1.94 bits per heavy atom. The number of primary amides is 1. The van der Waals surface area contributed by atoms with Crippen molar-refractivity contribution in [3.63, 3.8) is 0 Å². The van der Waals surface area contributed by atoms with E-state index in [1.807, 2.05) is 20.0 Å². The van der Waals surface area contributed by atoms with Crippen LogP contribution < -0.4 is 10.6 Å². The molecule has 3 rings (SSSR count). The summed E-state index contributed by atoms with van der Waals surface area (Å²) in [6.45, 7) is 12.6. The number of aryl methyl sites for hydroxylation is 1. The van der Waals surface area contributed by atoms with E-state index in [9.17, 15) is 19.5 Å². The highest BCUT2D eigenvalue weighted by Crippen LogP contribution is 2.39. The van der Waals surface area contributed by atoms with Crippen LogP contribution in [0.25, 0.3) is 10.9 Å². The quantitative estimate of drug-likeness (QED) is 0.556. The van der Waals surface area contributed by atoms with Gasteiger partial charge in [0.05, 0.1) is 18.5 Å². The maximum atomic E-state index is 12.5. The number of urea groups is 1. The summed E-state index contributed by atoms with van der Waals surface area (Å²) in [6.07, 6.45) is -0.890. The lowest BCUT2D eigenvalue weighted by Gasteiger charge is -2.39. The van der Waals surface area contributed by atoms with Crippen molar-refractivity contribution in [2.45, 2.75) is 59.0 Å². The molecule has 0 saturated carbocycles. The zero-order chi connectivity index (χ0) is 26.8. The molecule has 0 aliphatic carbocycles. The molecule has 2 heterocycles. The highest BCUT2D eigenvalue weighted by Gasteiger charge is 2.31. The number of fused-ring (bicyclic) bond motifs is 1. The van der Waals surface area contributed by atoms with Crippen molar-refractivity contribution in [3.8, 4) is 0 Å². The highest BCUT2D eigenvalue weighted by atomic mass is 16.5. The van der Waals surface area contributed by atoms with Gasteiger partial charge in [-0.1, -0.05) is 26.8 Å². The second kappa shape index (κ2) is 10.7. The van der Waals surface area contributed by atoms with Crippen LogP contribution in [-0.4, -0.2) is 81.6 Å². The van der Waals surface area contributed by atoms with Crippen molar-refractivity contribution >= 4 is 34.8 Å². The van der Waals surface area contributed by atoms with E-state index >= 15 is 0 Å². The number of esters is 1. The van der Waals surface area contributed by atoms with Gasteiger partial charge in [-0.15, -0.1) is 0 Å². The number of piperazine rings is 1. The van der Waals surface area contributed by atoms with Crippen LogP contribution in [0.1, 0.15) is 52.2 Å². The molecule has 11 heteroatoms. The van der Waals surface area contributed by atoms with Crippen LogP contribution in [-0.2, 0) is 28.5 Å². The van der Waals surface area contributed by atoms with Crippen LogP contribution >= 0.6 is 0 Å². The fourth-order valence-corrected chi connectivity index (χ4v) is 5.01. The van der Waals surface area contributed by atoms with Crippen LogP contribution in [0.15, 0.2) is 12.1 Å². The van der Waals surface area contributed by atoms with Crippen molar-refractivity contribution in [1.29, 1.82) is 0 Å². The standard InChI is InChI=1S/C25H38N6O5/c1-7-36-19(32)10-11-31(23(26)33)22-20-18(28(6)27-22)9-8-17(21(20)25(3,4)5)15-29-12-13-30(24(34)35)16(2)14-29/h8-9,16H,7,10-15H2,1-6H3,(H2,26,33)(H,34,35)/t16-/m0/s1. The fourth-order valence-electron chi connectivity index (χ4n) is 5.01. The number of hydrogen-bond donors (Lipinski definition) is 2. The summed E-state index contributed by atoms with van der Waals surface area (Å²) in [5.41, 5.74) is 8.42. The van der Waals surface area contributed by atoms with Crippen LogP contribution in [0.2, 0.25) is 0 Å². The van der Waals surface area contributed by atoms with Gasteiger partial charge in [0.2, 0.25) is 0 Å². The lowest BCUT2D eigenvalue weighted by atomic mass is 9.81. The third-order valence-electron chi connectivity index (χ3n) is 6.55. The first-order valence-corrected chi connectivity index (χ1v) is 12.3.